The van der Waals surface area contributed by atoms with Crippen molar-refractivity contribution >= 4 is 0 Å². The molecule has 4 heteroatoms. The van der Waals surface area contributed by atoms with Crippen LogP contribution < -0.4 is 0 Å². The second kappa shape index (κ2) is 14.7. The summed E-state index contributed by atoms with van der Waals surface area (Å²) in [7, 11) is 0. The van der Waals surface area contributed by atoms with Crippen LogP contribution in [0.1, 0.15) is 90.2 Å². The SMILES string of the molecule is CCCCN(CCCC)Cc1cc(O)c(CN(CCCC)CCCC)cc1O. The Morgan fingerprint density at radius 3 is 1.11 bits per heavy atom. The number of phenolic OH excluding ortho intramolecular Hbond substituents is 2. The van der Waals surface area contributed by atoms with E-state index < -0.39 is 0 Å². The molecule has 1 rings (SSSR count). The molecule has 2 N–H and O–H groups in total. The minimum atomic E-state index is 0.316. The van der Waals surface area contributed by atoms with Crippen molar-refractivity contribution in [1.82, 2.24) is 9.80 Å². The Bertz CT molecular complexity index is 470. The molecule has 0 saturated carbocycles. The molecule has 4 nitrogen and oxygen atoms in total. The van der Waals surface area contributed by atoms with Gasteiger partial charge in [0.05, 0.1) is 0 Å². The van der Waals surface area contributed by atoms with Gasteiger partial charge in [0.1, 0.15) is 11.5 Å². The second-order valence-corrected chi connectivity index (χ2v) is 8.08. The highest BCUT2D eigenvalue weighted by atomic mass is 16.3. The van der Waals surface area contributed by atoms with E-state index in [-0.39, 0.29) is 0 Å². The van der Waals surface area contributed by atoms with Gasteiger partial charge in [0.25, 0.3) is 0 Å². The van der Waals surface area contributed by atoms with Crippen LogP contribution in [-0.2, 0) is 13.1 Å². The fourth-order valence-electron chi connectivity index (χ4n) is 3.47. The standard InChI is InChI=1S/C24H44N2O2/c1-5-9-13-25(14-10-6-2)19-21-17-24(28)22(18-23(21)27)20-26(15-11-7-3)16-12-8-4/h17-18,27-28H,5-16,19-20H2,1-4H3. The fourth-order valence-corrected chi connectivity index (χ4v) is 3.47. The zero-order valence-electron chi connectivity index (χ0n) is 18.8. The van der Waals surface area contributed by atoms with Gasteiger partial charge in [-0.05, 0) is 64.0 Å². The van der Waals surface area contributed by atoms with Crippen LogP contribution in [0.3, 0.4) is 0 Å². The number of unbranched alkanes of at least 4 members (excludes halogenated alkanes) is 4. The van der Waals surface area contributed by atoms with E-state index in [0.29, 0.717) is 24.6 Å². The Morgan fingerprint density at radius 1 is 0.571 bits per heavy atom. The van der Waals surface area contributed by atoms with Gasteiger partial charge in [-0.2, -0.15) is 0 Å². The number of hydrogen-bond donors (Lipinski definition) is 2. The van der Waals surface area contributed by atoms with Gasteiger partial charge >= 0.3 is 0 Å². The summed E-state index contributed by atoms with van der Waals surface area (Å²) in [5, 5.41) is 21.2. The van der Waals surface area contributed by atoms with Crippen LogP contribution in [0, 0.1) is 0 Å². The Morgan fingerprint density at radius 2 is 0.857 bits per heavy atom. The van der Waals surface area contributed by atoms with E-state index >= 15 is 0 Å². The molecule has 0 aliphatic carbocycles. The average Bonchev–Trinajstić information content (AvgIpc) is 2.69. The fraction of sp³-hybridized carbons (Fsp3) is 0.750. The molecule has 0 spiro atoms. The predicted octanol–water partition coefficient (Wildman–Crippen LogP) is 5.90. The summed E-state index contributed by atoms with van der Waals surface area (Å²) in [6.07, 6.45) is 9.34. The maximum Gasteiger partial charge on any atom is 0.120 e. The lowest BCUT2D eigenvalue weighted by Crippen LogP contribution is -2.26. The number of benzene rings is 1. The summed E-state index contributed by atoms with van der Waals surface area (Å²) in [5.41, 5.74) is 1.67. The smallest absolute Gasteiger partial charge is 0.120 e. The summed E-state index contributed by atoms with van der Waals surface area (Å²) in [4.78, 5) is 4.80. The normalized spacial score (nSPS) is 11.6. The molecule has 0 atom stereocenters. The van der Waals surface area contributed by atoms with Gasteiger partial charge in [-0.25, -0.2) is 0 Å². The third-order valence-electron chi connectivity index (χ3n) is 5.38. The second-order valence-electron chi connectivity index (χ2n) is 8.08. The minimum Gasteiger partial charge on any atom is -0.508 e. The van der Waals surface area contributed by atoms with Crippen LogP contribution in [0.5, 0.6) is 11.5 Å². The van der Waals surface area contributed by atoms with Crippen molar-refractivity contribution in [2.24, 2.45) is 0 Å². The number of rotatable bonds is 16. The van der Waals surface area contributed by atoms with Crippen molar-refractivity contribution in [1.29, 1.82) is 0 Å². The highest BCUT2D eigenvalue weighted by Crippen LogP contribution is 2.29. The molecule has 0 aliphatic rings. The first-order valence-electron chi connectivity index (χ1n) is 11.5. The quantitative estimate of drug-likeness (QED) is 0.344. The molecule has 28 heavy (non-hydrogen) atoms. The van der Waals surface area contributed by atoms with Gasteiger partial charge in [-0.3, -0.25) is 9.80 Å². The number of aromatic hydroxyl groups is 2. The summed E-state index contributed by atoms with van der Waals surface area (Å²) >= 11 is 0. The number of hydrogen-bond acceptors (Lipinski definition) is 4. The molecule has 162 valence electrons. The summed E-state index contributed by atoms with van der Waals surface area (Å²) in [6.45, 7) is 14.4. The molecule has 0 saturated heterocycles. The number of phenols is 2. The highest BCUT2D eigenvalue weighted by molar-refractivity contribution is 5.45. The first-order chi connectivity index (χ1) is 13.5. The van der Waals surface area contributed by atoms with Crippen LogP contribution in [0.25, 0.3) is 0 Å². The van der Waals surface area contributed by atoms with Crippen LogP contribution in [0.4, 0.5) is 0 Å². The van der Waals surface area contributed by atoms with Gasteiger partial charge in [0.15, 0.2) is 0 Å². The topological polar surface area (TPSA) is 46.9 Å². The lowest BCUT2D eigenvalue weighted by atomic mass is 10.1. The first-order valence-corrected chi connectivity index (χ1v) is 11.5. The monoisotopic (exact) mass is 392 g/mol. The van der Waals surface area contributed by atoms with Crippen molar-refractivity contribution in [2.45, 2.75) is 92.2 Å². The van der Waals surface area contributed by atoms with Crippen molar-refractivity contribution in [3.05, 3.63) is 23.3 Å². The van der Waals surface area contributed by atoms with Crippen molar-refractivity contribution in [3.63, 3.8) is 0 Å². The van der Waals surface area contributed by atoms with Crippen LogP contribution in [-0.4, -0.2) is 46.2 Å². The molecule has 0 unspecified atom stereocenters. The van der Waals surface area contributed by atoms with E-state index in [9.17, 15) is 10.2 Å². The predicted molar refractivity (Wildman–Crippen MR) is 120 cm³/mol. The Hall–Kier alpha value is -1.26. The molecule has 0 heterocycles. The maximum atomic E-state index is 10.6. The molecule has 0 aromatic heterocycles. The van der Waals surface area contributed by atoms with Crippen molar-refractivity contribution in [2.75, 3.05) is 26.2 Å². The molecule has 0 radical (unpaired) electrons. The van der Waals surface area contributed by atoms with Crippen LogP contribution in [0.15, 0.2) is 12.1 Å². The van der Waals surface area contributed by atoms with Gasteiger partial charge in [-0.1, -0.05) is 53.4 Å². The Balaban J connectivity index is 2.85. The van der Waals surface area contributed by atoms with E-state index in [1.807, 2.05) is 0 Å². The van der Waals surface area contributed by atoms with Gasteiger partial charge < -0.3 is 10.2 Å². The first kappa shape index (κ1) is 24.8. The third kappa shape index (κ3) is 9.29. The molecule has 0 amide bonds. The van der Waals surface area contributed by atoms with E-state index in [0.717, 1.165) is 37.3 Å². The molecule has 0 aliphatic heterocycles. The minimum absolute atomic E-state index is 0.316. The lowest BCUT2D eigenvalue weighted by Gasteiger charge is -2.25. The third-order valence-corrected chi connectivity index (χ3v) is 5.38. The summed E-state index contributed by atoms with van der Waals surface area (Å²) < 4.78 is 0. The molecule has 0 fully saturated rings. The highest BCUT2D eigenvalue weighted by Gasteiger charge is 2.15. The Labute approximate surface area is 173 Å². The largest absolute Gasteiger partial charge is 0.508 e. The van der Waals surface area contributed by atoms with E-state index in [1.165, 1.54) is 51.4 Å². The molecule has 1 aromatic rings. The lowest BCUT2D eigenvalue weighted by molar-refractivity contribution is 0.249. The average molecular weight is 393 g/mol. The van der Waals surface area contributed by atoms with E-state index in [4.69, 9.17) is 0 Å². The van der Waals surface area contributed by atoms with Crippen LogP contribution in [0.2, 0.25) is 0 Å². The molecular formula is C24H44N2O2. The zero-order chi connectivity index (χ0) is 20.8. The Kier molecular flexibility index (Phi) is 13.0. The van der Waals surface area contributed by atoms with Crippen LogP contribution >= 0.6 is 0 Å². The molecular weight excluding hydrogens is 348 g/mol. The van der Waals surface area contributed by atoms with Gasteiger partial charge in [-0.15, -0.1) is 0 Å². The summed E-state index contributed by atoms with van der Waals surface area (Å²) in [6, 6.07) is 3.57. The van der Waals surface area contributed by atoms with Gasteiger partial charge in [0, 0.05) is 24.2 Å². The zero-order valence-corrected chi connectivity index (χ0v) is 18.8. The van der Waals surface area contributed by atoms with Crippen molar-refractivity contribution < 1.29 is 10.2 Å². The van der Waals surface area contributed by atoms with E-state index in [2.05, 4.69) is 37.5 Å². The van der Waals surface area contributed by atoms with Crippen molar-refractivity contribution in [3.8, 4) is 11.5 Å². The molecule has 1 aromatic carbocycles. The maximum absolute atomic E-state index is 10.6. The molecule has 0 bridgehead atoms. The van der Waals surface area contributed by atoms with E-state index in [1.54, 1.807) is 12.1 Å². The number of nitrogens with zero attached hydrogens (tertiary/aromatic N) is 2. The summed E-state index contributed by atoms with van der Waals surface area (Å²) in [5.74, 6) is 0.633. The van der Waals surface area contributed by atoms with Gasteiger partial charge in [0.2, 0.25) is 0 Å².